The Morgan fingerprint density at radius 1 is 1.31 bits per heavy atom. The van der Waals surface area contributed by atoms with Gasteiger partial charge in [-0.15, -0.1) is 0 Å². The van der Waals surface area contributed by atoms with Crippen molar-refractivity contribution in [3.63, 3.8) is 0 Å². The lowest BCUT2D eigenvalue weighted by Gasteiger charge is -2.14. The van der Waals surface area contributed by atoms with E-state index in [1.165, 1.54) is 6.92 Å². The van der Waals surface area contributed by atoms with Crippen LogP contribution in [-0.4, -0.2) is 12.2 Å². The third-order valence-electron chi connectivity index (χ3n) is 2.23. The molecule has 0 bridgehead atoms. The monoisotopic (exact) mass is 235 g/mol. The molecule has 0 spiro atoms. The lowest BCUT2D eigenvalue weighted by Crippen LogP contribution is -2.30. The maximum absolute atomic E-state index is 12.0. The van der Waals surface area contributed by atoms with Gasteiger partial charge in [0.05, 0.1) is 13.0 Å². The Balaban J connectivity index is 2.34. The summed E-state index contributed by atoms with van der Waals surface area (Å²) in [4.78, 5) is 0. The fourth-order valence-electron chi connectivity index (χ4n) is 1.40. The summed E-state index contributed by atoms with van der Waals surface area (Å²) < 4.78 is 41.5. The van der Waals surface area contributed by atoms with Crippen LogP contribution in [-0.2, 0) is 13.0 Å². The average Bonchev–Trinajstić information content (AvgIpc) is 2.59. The molecule has 1 unspecified atom stereocenters. The van der Waals surface area contributed by atoms with Crippen molar-refractivity contribution in [2.75, 3.05) is 0 Å². The molecule has 0 aliphatic heterocycles. The molecule has 1 rings (SSSR count). The van der Waals surface area contributed by atoms with E-state index in [0.29, 0.717) is 12.3 Å². The molecule has 1 aromatic heterocycles. The summed E-state index contributed by atoms with van der Waals surface area (Å²) in [5.41, 5.74) is 0. The second-order valence-corrected chi connectivity index (χ2v) is 3.82. The topological polar surface area (TPSA) is 25.2 Å². The average molecular weight is 235 g/mol. The van der Waals surface area contributed by atoms with Gasteiger partial charge in [0, 0.05) is 12.5 Å². The first-order valence-electron chi connectivity index (χ1n) is 5.28. The maximum Gasteiger partial charge on any atom is 0.390 e. The molecule has 5 heteroatoms. The molecule has 0 fully saturated rings. The minimum atomic E-state index is -4.12. The SMILES string of the molecule is CCc1ccc(CNC(C)CC(F)(F)F)o1. The molecule has 1 aromatic rings. The number of nitrogens with one attached hydrogen (secondary N) is 1. The van der Waals surface area contributed by atoms with Crippen molar-refractivity contribution in [1.29, 1.82) is 0 Å². The molecular formula is C11H16F3NO. The first-order chi connectivity index (χ1) is 7.40. The smallest absolute Gasteiger partial charge is 0.390 e. The molecule has 1 N–H and O–H groups in total. The van der Waals surface area contributed by atoms with Crippen molar-refractivity contribution in [3.8, 4) is 0 Å². The minimum absolute atomic E-state index is 0.331. The standard InChI is InChI=1S/C11H16F3NO/c1-3-9-4-5-10(16-9)7-15-8(2)6-11(12,13)14/h4-5,8,15H,3,6-7H2,1-2H3. The maximum atomic E-state index is 12.0. The predicted octanol–water partition coefficient (Wildman–Crippen LogP) is 3.27. The highest BCUT2D eigenvalue weighted by Crippen LogP contribution is 2.21. The molecule has 2 nitrogen and oxygen atoms in total. The second kappa shape index (κ2) is 5.39. The van der Waals surface area contributed by atoms with E-state index in [0.717, 1.165) is 12.2 Å². The fourth-order valence-corrected chi connectivity index (χ4v) is 1.40. The van der Waals surface area contributed by atoms with Crippen molar-refractivity contribution < 1.29 is 17.6 Å². The lowest BCUT2D eigenvalue weighted by atomic mass is 10.2. The Hall–Kier alpha value is -0.970. The van der Waals surface area contributed by atoms with E-state index in [4.69, 9.17) is 4.42 Å². The van der Waals surface area contributed by atoms with Crippen LogP contribution in [0.2, 0.25) is 0 Å². The third kappa shape index (κ3) is 4.70. The lowest BCUT2D eigenvalue weighted by molar-refractivity contribution is -0.139. The van der Waals surface area contributed by atoms with Gasteiger partial charge in [-0.2, -0.15) is 13.2 Å². The number of hydrogen-bond donors (Lipinski definition) is 1. The molecular weight excluding hydrogens is 219 g/mol. The Labute approximate surface area is 92.8 Å². The van der Waals surface area contributed by atoms with Gasteiger partial charge in [-0.1, -0.05) is 6.92 Å². The summed E-state index contributed by atoms with van der Waals surface area (Å²) in [5.74, 6) is 1.52. The zero-order valence-corrected chi connectivity index (χ0v) is 9.40. The molecule has 1 heterocycles. The third-order valence-corrected chi connectivity index (χ3v) is 2.23. The van der Waals surface area contributed by atoms with Crippen molar-refractivity contribution in [1.82, 2.24) is 5.32 Å². The van der Waals surface area contributed by atoms with E-state index in [1.807, 2.05) is 13.0 Å². The van der Waals surface area contributed by atoms with Crippen molar-refractivity contribution in [3.05, 3.63) is 23.7 Å². The highest BCUT2D eigenvalue weighted by molar-refractivity contribution is 5.06. The number of halogens is 3. The van der Waals surface area contributed by atoms with E-state index in [1.54, 1.807) is 6.07 Å². The molecule has 16 heavy (non-hydrogen) atoms. The molecule has 0 radical (unpaired) electrons. The summed E-state index contributed by atoms with van der Waals surface area (Å²) in [6.07, 6.45) is -4.16. The van der Waals surface area contributed by atoms with Gasteiger partial charge in [0.1, 0.15) is 11.5 Å². The van der Waals surface area contributed by atoms with Crippen LogP contribution in [0.5, 0.6) is 0 Å². The van der Waals surface area contributed by atoms with Crippen molar-refractivity contribution in [2.45, 2.75) is 45.5 Å². The second-order valence-electron chi connectivity index (χ2n) is 3.82. The summed E-state index contributed by atoms with van der Waals surface area (Å²) in [6.45, 7) is 3.80. The highest BCUT2D eigenvalue weighted by atomic mass is 19.4. The van der Waals surface area contributed by atoms with E-state index in [9.17, 15) is 13.2 Å². The van der Waals surface area contributed by atoms with Gasteiger partial charge in [-0.05, 0) is 19.1 Å². The van der Waals surface area contributed by atoms with Gasteiger partial charge in [0.15, 0.2) is 0 Å². The molecule has 92 valence electrons. The van der Waals surface area contributed by atoms with Gasteiger partial charge >= 0.3 is 6.18 Å². The van der Waals surface area contributed by atoms with Crippen molar-refractivity contribution >= 4 is 0 Å². The van der Waals surface area contributed by atoms with Crippen LogP contribution in [0.3, 0.4) is 0 Å². The highest BCUT2D eigenvalue weighted by Gasteiger charge is 2.29. The van der Waals surface area contributed by atoms with Crippen LogP contribution < -0.4 is 5.32 Å². The largest absolute Gasteiger partial charge is 0.465 e. The Morgan fingerprint density at radius 3 is 2.44 bits per heavy atom. The van der Waals surface area contributed by atoms with Crippen LogP contribution in [0.15, 0.2) is 16.5 Å². The van der Waals surface area contributed by atoms with E-state index < -0.39 is 18.6 Å². The fraction of sp³-hybridized carbons (Fsp3) is 0.636. The van der Waals surface area contributed by atoms with E-state index >= 15 is 0 Å². The van der Waals surface area contributed by atoms with Gasteiger partial charge in [0.25, 0.3) is 0 Å². The van der Waals surface area contributed by atoms with Crippen LogP contribution >= 0.6 is 0 Å². The first-order valence-corrected chi connectivity index (χ1v) is 5.28. The van der Waals surface area contributed by atoms with Gasteiger partial charge in [-0.25, -0.2) is 0 Å². The zero-order valence-electron chi connectivity index (χ0n) is 9.40. The molecule has 0 saturated heterocycles. The van der Waals surface area contributed by atoms with Gasteiger partial charge in [0.2, 0.25) is 0 Å². The summed E-state index contributed by atoms with van der Waals surface area (Å²) in [5, 5.41) is 2.78. The van der Waals surface area contributed by atoms with Crippen LogP contribution in [0.4, 0.5) is 13.2 Å². The van der Waals surface area contributed by atoms with Gasteiger partial charge in [-0.3, -0.25) is 0 Å². The Kier molecular flexibility index (Phi) is 4.41. The van der Waals surface area contributed by atoms with Gasteiger partial charge < -0.3 is 9.73 Å². The summed E-state index contributed by atoms with van der Waals surface area (Å²) in [7, 11) is 0. The van der Waals surface area contributed by atoms with E-state index in [2.05, 4.69) is 5.32 Å². The number of rotatable bonds is 5. The number of alkyl halides is 3. The molecule has 0 saturated carbocycles. The Bertz CT molecular complexity index is 319. The molecule has 1 atom stereocenters. The quantitative estimate of drug-likeness (QED) is 0.847. The molecule has 0 aliphatic carbocycles. The van der Waals surface area contributed by atoms with E-state index in [-0.39, 0.29) is 0 Å². The first kappa shape index (κ1) is 13.1. The predicted molar refractivity (Wildman–Crippen MR) is 55.1 cm³/mol. The summed E-state index contributed by atoms with van der Waals surface area (Å²) >= 11 is 0. The zero-order chi connectivity index (χ0) is 12.2. The van der Waals surface area contributed by atoms with Crippen LogP contribution in [0.1, 0.15) is 31.8 Å². The summed E-state index contributed by atoms with van der Waals surface area (Å²) in [6, 6.07) is 3.02. The number of furan rings is 1. The molecule has 0 aliphatic rings. The number of hydrogen-bond acceptors (Lipinski definition) is 2. The van der Waals surface area contributed by atoms with Crippen LogP contribution in [0.25, 0.3) is 0 Å². The minimum Gasteiger partial charge on any atom is -0.465 e. The normalized spacial score (nSPS) is 14.1. The number of aryl methyl sites for hydroxylation is 1. The Morgan fingerprint density at radius 2 is 1.94 bits per heavy atom. The van der Waals surface area contributed by atoms with Crippen LogP contribution in [0, 0.1) is 0 Å². The van der Waals surface area contributed by atoms with Crippen molar-refractivity contribution in [2.24, 2.45) is 0 Å². The molecule has 0 amide bonds. The molecule has 0 aromatic carbocycles.